The Hall–Kier alpha value is -1.85. The molecule has 2 aromatic rings. The molecule has 1 N–H and O–H groups in total. The highest BCUT2D eigenvalue weighted by molar-refractivity contribution is 7.86. The first-order valence-corrected chi connectivity index (χ1v) is 8.14. The molecule has 1 aliphatic heterocycles. The molecule has 0 amide bonds. The third kappa shape index (κ3) is 3.62. The van der Waals surface area contributed by atoms with Gasteiger partial charge in [-0.05, 0) is 36.4 Å². The van der Waals surface area contributed by atoms with E-state index in [-0.39, 0.29) is 0 Å². The summed E-state index contributed by atoms with van der Waals surface area (Å²) in [5.74, 6) is 0. The van der Waals surface area contributed by atoms with Crippen LogP contribution in [-0.2, 0) is 15.7 Å². The first-order chi connectivity index (χ1) is 10.3. The highest BCUT2D eigenvalue weighted by Crippen LogP contribution is 2.19. The summed E-state index contributed by atoms with van der Waals surface area (Å²) in [6.07, 6.45) is 0. The van der Waals surface area contributed by atoms with E-state index in [2.05, 4.69) is 9.62 Å². The first-order valence-electron chi connectivity index (χ1n) is 6.99. The molecule has 0 aromatic heterocycles. The fraction of sp³-hybridized carbons (Fsp3) is 0.250. The summed E-state index contributed by atoms with van der Waals surface area (Å²) in [6.45, 7) is 3.35. The Kier molecular flexibility index (Phi) is 4.52. The molecule has 0 bridgehead atoms. The first kappa shape index (κ1) is 14.1. The molecular formula is C16H18N2O2S. The average molecular weight is 302 g/mol. The number of anilines is 2. The summed E-state index contributed by atoms with van der Waals surface area (Å²) in [4.78, 5) is 3.05. The van der Waals surface area contributed by atoms with E-state index < -0.39 is 11.0 Å². The minimum atomic E-state index is -1.24. The van der Waals surface area contributed by atoms with Crippen molar-refractivity contribution in [1.29, 1.82) is 0 Å². The van der Waals surface area contributed by atoms with Crippen molar-refractivity contribution in [2.24, 2.45) is 0 Å². The Bertz CT molecular complexity index is 595. The van der Waals surface area contributed by atoms with E-state index in [1.807, 2.05) is 54.6 Å². The zero-order valence-corrected chi connectivity index (χ0v) is 12.5. The second-order valence-electron chi connectivity index (χ2n) is 4.83. The summed E-state index contributed by atoms with van der Waals surface area (Å²) in [6, 6.07) is 17.4. The second kappa shape index (κ2) is 6.74. The molecule has 1 heterocycles. The summed E-state index contributed by atoms with van der Waals surface area (Å²) in [7, 11) is -1.24. The maximum atomic E-state index is 12.3. The number of nitrogens with one attached hydrogen (secondary N) is 1. The van der Waals surface area contributed by atoms with Gasteiger partial charge in [-0.2, -0.15) is 0 Å². The summed E-state index contributed by atoms with van der Waals surface area (Å²) >= 11 is 0. The van der Waals surface area contributed by atoms with Gasteiger partial charge in [0.05, 0.1) is 18.1 Å². The normalized spacial score (nSPS) is 16.5. The summed E-state index contributed by atoms with van der Waals surface area (Å²) in [5, 5.41) is 0. The van der Waals surface area contributed by atoms with Crippen molar-refractivity contribution in [2.45, 2.75) is 4.90 Å². The van der Waals surface area contributed by atoms with Crippen LogP contribution in [0.3, 0.4) is 0 Å². The van der Waals surface area contributed by atoms with E-state index in [9.17, 15) is 4.21 Å². The van der Waals surface area contributed by atoms with Gasteiger partial charge in [0, 0.05) is 24.5 Å². The van der Waals surface area contributed by atoms with Crippen molar-refractivity contribution in [3.63, 3.8) is 0 Å². The molecule has 21 heavy (non-hydrogen) atoms. The van der Waals surface area contributed by atoms with Crippen molar-refractivity contribution in [3.05, 3.63) is 54.6 Å². The lowest BCUT2D eigenvalue weighted by atomic mass is 10.2. The molecule has 4 nitrogen and oxygen atoms in total. The molecule has 3 rings (SSSR count). The zero-order chi connectivity index (χ0) is 14.5. The van der Waals surface area contributed by atoms with E-state index in [4.69, 9.17) is 4.74 Å². The topological polar surface area (TPSA) is 41.6 Å². The SMILES string of the molecule is O=S(Nc1ccccc1)c1ccc(N2CCOCC2)cc1. The van der Waals surface area contributed by atoms with Crippen molar-refractivity contribution >= 4 is 22.4 Å². The van der Waals surface area contributed by atoms with Crippen molar-refractivity contribution < 1.29 is 8.95 Å². The van der Waals surface area contributed by atoms with Crippen LogP contribution in [-0.4, -0.2) is 30.5 Å². The van der Waals surface area contributed by atoms with E-state index in [1.165, 1.54) is 0 Å². The van der Waals surface area contributed by atoms with Gasteiger partial charge in [-0.1, -0.05) is 18.2 Å². The highest BCUT2D eigenvalue weighted by atomic mass is 32.2. The molecular weight excluding hydrogens is 284 g/mol. The second-order valence-corrected chi connectivity index (χ2v) is 6.04. The zero-order valence-electron chi connectivity index (χ0n) is 11.7. The van der Waals surface area contributed by atoms with E-state index in [0.29, 0.717) is 0 Å². The Balaban J connectivity index is 1.67. The molecule has 1 saturated heterocycles. The number of morpholine rings is 1. The van der Waals surface area contributed by atoms with Gasteiger partial charge in [-0.3, -0.25) is 0 Å². The monoisotopic (exact) mass is 302 g/mol. The molecule has 1 aliphatic rings. The summed E-state index contributed by atoms with van der Waals surface area (Å²) in [5.41, 5.74) is 2.01. The maximum Gasteiger partial charge on any atom is 0.150 e. The molecule has 1 atom stereocenters. The predicted molar refractivity (Wildman–Crippen MR) is 85.9 cm³/mol. The van der Waals surface area contributed by atoms with Crippen LogP contribution in [0.5, 0.6) is 0 Å². The number of nitrogens with zero attached hydrogens (tertiary/aromatic N) is 1. The molecule has 110 valence electrons. The number of para-hydroxylation sites is 1. The molecule has 0 radical (unpaired) electrons. The van der Waals surface area contributed by atoms with E-state index in [1.54, 1.807) is 0 Å². The van der Waals surface area contributed by atoms with Gasteiger partial charge in [0.15, 0.2) is 0 Å². The van der Waals surface area contributed by atoms with Crippen LogP contribution in [0.1, 0.15) is 0 Å². The molecule has 0 aliphatic carbocycles. The Labute approximate surface area is 127 Å². The van der Waals surface area contributed by atoms with Crippen molar-refractivity contribution in [1.82, 2.24) is 0 Å². The molecule has 1 unspecified atom stereocenters. The molecule has 5 heteroatoms. The van der Waals surface area contributed by atoms with Gasteiger partial charge in [0.25, 0.3) is 0 Å². The van der Waals surface area contributed by atoms with Crippen LogP contribution in [0.2, 0.25) is 0 Å². The van der Waals surface area contributed by atoms with Gasteiger partial charge < -0.3 is 14.4 Å². The van der Waals surface area contributed by atoms with Crippen LogP contribution in [0.25, 0.3) is 0 Å². The van der Waals surface area contributed by atoms with Gasteiger partial charge in [-0.15, -0.1) is 0 Å². The minimum Gasteiger partial charge on any atom is -0.378 e. The maximum absolute atomic E-state index is 12.3. The average Bonchev–Trinajstić information content (AvgIpc) is 2.57. The largest absolute Gasteiger partial charge is 0.378 e. The van der Waals surface area contributed by atoms with Gasteiger partial charge in [-0.25, -0.2) is 4.21 Å². The Morgan fingerprint density at radius 1 is 0.952 bits per heavy atom. The van der Waals surface area contributed by atoms with Crippen molar-refractivity contribution in [2.75, 3.05) is 35.9 Å². The summed E-state index contributed by atoms with van der Waals surface area (Å²) < 4.78 is 20.6. The lowest BCUT2D eigenvalue weighted by Crippen LogP contribution is -2.36. The van der Waals surface area contributed by atoms with Crippen molar-refractivity contribution in [3.8, 4) is 0 Å². The third-order valence-electron chi connectivity index (χ3n) is 3.41. The molecule has 1 fully saturated rings. The fourth-order valence-corrected chi connectivity index (χ4v) is 3.13. The third-order valence-corrected chi connectivity index (χ3v) is 4.53. The lowest BCUT2D eigenvalue weighted by Gasteiger charge is -2.28. The van der Waals surface area contributed by atoms with Crippen LogP contribution >= 0.6 is 0 Å². The van der Waals surface area contributed by atoms with Crippen LogP contribution in [0, 0.1) is 0 Å². The quantitative estimate of drug-likeness (QED) is 0.944. The molecule has 2 aromatic carbocycles. The number of hydrogen-bond acceptors (Lipinski definition) is 3. The van der Waals surface area contributed by atoms with Gasteiger partial charge in [0.2, 0.25) is 0 Å². The van der Waals surface area contributed by atoms with E-state index >= 15 is 0 Å². The van der Waals surface area contributed by atoms with Gasteiger partial charge in [0.1, 0.15) is 11.0 Å². The van der Waals surface area contributed by atoms with Gasteiger partial charge >= 0.3 is 0 Å². The van der Waals surface area contributed by atoms with Crippen LogP contribution < -0.4 is 9.62 Å². The predicted octanol–water partition coefficient (Wildman–Crippen LogP) is 2.66. The number of ether oxygens (including phenoxy) is 1. The minimum absolute atomic E-state index is 0.767. The Morgan fingerprint density at radius 3 is 2.29 bits per heavy atom. The highest BCUT2D eigenvalue weighted by Gasteiger charge is 2.11. The smallest absolute Gasteiger partial charge is 0.150 e. The Morgan fingerprint density at radius 2 is 1.62 bits per heavy atom. The lowest BCUT2D eigenvalue weighted by molar-refractivity contribution is 0.122. The van der Waals surface area contributed by atoms with E-state index in [0.717, 1.165) is 42.6 Å². The number of hydrogen-bond donors (Lipinski definition) is 1. The van der Waals surface area contributed by atoms with Crippen LogP contribution in [0.15, 0.2) is 59.5 Å². The fourth-order valence-electron chi connectivity index (χ4n) is 2.27. The number of benzene rings is 2. The molecule has 0 saturated carbocycles. The standard InChI is InChI=1S/C16H18N2O2S/c19-21(17-14-4-2-1-3-5-14)16-8-6-15(7-9-16)18-10-12-20-13-11-18/h1-9,17H,10-13H2. The van der Waals surface area contributed by atoms with Crippen LogP contribution in [0.4, 0.5) is 11.4 Å². The molecule has 0 spiro atoms. The number of rotatable bonds is 4.